The zero-order valence-corrected chi connectivity index (χ0v) is 16.2. The lowest BCUT2D eigenvalue weighted by molar-refractivity contribution is -0.137. The summed E-state index contributed by atoms with van der Waals surface area (Å²) < 4.78 is 52.6. The van der Waals surface area contributed by atoms with E-state index in [0.29, 0.717) is 22.5 Å². The van der Waals surface area contributed by atoms with Crippen LogP contribution in [0.5, 0.6) is 0 Å². The van der Waals surface area contributed by atoms with Crippen molar-refractivity contribution >= 4 is 28.6 Å². The molecule has 0 aliphatic rings. The minimum absolute atomic E-state index is 0.309. The summed E-state index contributed by atoms with van der Waals surface area (Å²) in [5.74, 6) is -0.443. The van der Waals surface area contributed by atoms with Gasteiger partial charge < -0.3 is 9.87 Å². The van der Waals surface area contributed by atoms with Gasteiger partial charge in [-0.15, -0.1) is 0 Å². The van der Waals surface area contributed by atoms with Crippen molar-refractivity contribution in [3.8, 4) is 0 Å². The molecule has 0 radical (unpaired) electrons. The number of hydrogen-bond acceptors (Lipinski definition) is 3. The first-order chi connectivity index (χ1) is 12.4. The second-order valence-corrected chi connectivity index (χ2v) is 9.01. The van der Waals surface area contributed by atoms with Gasteiger partial charge in [0.25, 0.3) is 5.91 Å². The van der Waals surface area contributed by atoms with Crippen molar-refractivity contribution in [3.05, 3.63) is 59.2 Å². The van der Waals surface area contributed by atoms with E-state index < -0.39 is 33.8 Å². The Bertz CT molecular complexity index is 815. The highest BCUT2D eigenvalue weighted by atomic mass is 32.2. The van der Waals surface area contributed by atoms with Crippen molar-refractivity contribution in [1.29, 1.82) is 0 Å². The van der Waals surface area contributed by atoms with Crippen LogP contribution in [0.4, 0.5) is 24.5 Å². The summed E-state index contributed by atoms with van der Waals surface area (Å²) in [4.78, 5) is 12.3. The number of benzene rings is 2. The Balaban J connectivity index is 2.08. The van der Waals surface area contributed by atoms with Gasteiger partial charge in [0.2, 0.25) is 0 Å². The third kappa shape index (κ3) is 5.64. The van der Waals surface area contributed by atoms with Crippen LogP contribution in [0, 0.1) is 6.92 Å². The molecule has 0 spiro atoms. The minimum Gasteiger partial charge on any atom is -0.593 e. The molecule has 1 amide bonds. The molecule has 0 saturated heterocycles. The average molecular weight is 398 g/mol. The van der Waals surface area contributed by atoms with E-state index in [1.165, 1.54) is 13.0 Å². The summed E-state index contributed by atoms with van der Waals surface area (Å²) in [5, 5.41) is 2.60. The van der Waals surface area contributed by atoms with E-state index in [0.717, 1.165) is 12.1 Å². The van der Waals surface area contributed by atoms with Crippen LogP contribution in [-0.4, -0.2) is 15.2 Å². The number of anilines is 2. The second-order valence-electron chi connectivity index (χ2n) is 7.04. The van der Waals surface area contributed by atoms with Gasteiger partial charge >= 0.3 is 6.18 Å². The highest BCUT2D eigenvalue weighted by Crippen LogP contribution is 2.31. The van der Waals surface area contributed by atoms with E-state index in [9.17, 15) is 22.5 Å². The SMILES string of the molecule is Cc1cc(C(F)(F)F)ccc1NC(=O)c1ccc(N[S+]([O-])C(C)(C)C)cc1. The van der Waals surface area contributed by atoms with E-state index in [4.69, 9.17) is 0 Å². The van der Waals surface area contributed by atoms with Crippen molar-refractivity contribution in [2.45, 2.75) is 38.6 Å². The molecule has 1 atom stereocenters. The number of alkyl halides is 3. The maximum Gasteiger partial charge on any atom is 0.416 e. The molecule has 8 heteroatoms. The van der Waals surface area contributed by atoms with Gasteiger partial charge in [0.15, 0.2) is 0 Å². The zero-order chi connectivity index (χ0) is 20.4. The van der Waals surface area contributed by atoms with Gasteiger partial charge in [-0.25, -0.2) is 4.72 Å². The zero-order valence-electron chi connectivity index (χ0n) is 15.4. The highest BCUT2D eigenvalue weighted by molar-refractivity contribution is 7.94. The fourth-order valence-corrected chi connectivity index (χ4v) is 2.78. The van der Waals surface area contributed by atoms with E-state index >= 15 is 0 Å². The topological polar surface area (TPSA) is 64.2 Å². The van der Waals surface area contributed by atoms with Gasteiger partial charge in [-0.05, 0) is 75.7 Å². The number of nitrogens with one attached hydrogen (secondary N) is 2. The third-order valence-electron chi connectivity index (χ3n) is 3.72. The second kappa shape index (κ2) is 7.82. The molecule has 2 rings (SSSR count). The summed E-state index contributed by atoms with van der Waals surface area (Å²) in [5.41, 5.74) is 0.799. The van der Waals surface area contributed by atoms with Gasteiger partial charge in [0.05, 0.1) is 22.6 Å². The maximum absolute atomic E-state index is 12.7. The fourth-order valence-electron chi connectivity index (χ4n) is 2.12. The molecule has 2 aromatic carbocycles. The van der Waals surface area contributed by atoms with E-state index in [1.54, 1.807) is 24.3 Å². The quantitative estimate of drug-likeness (QED) is 0.701. The van der Waals surface area contributed by atoms with Crippen LogP contribution in [0.2, 0.25) is 0 Å². The number of halogens is 3. The number of amides is 1. The normalized spacial score (nSPS) is 13.2. The molecule has 1 unspecified atom stereocenters. The number of carbonyl (C=O) groups is 1. The summed E-state index contributed by atoms with van der Waals surface area (Å²) in [6.45, 7) is 7.01. The van der Waals surface area contributed by atoms with E-state index in [1.807, 2.05) is 20.8 Å². The minimum atomic E-state index is -4.43. The molecule has 0 aliphatic heterocycles. The molecule has 4 nitrogen and oxygen atoms in total. The fraction of sp³-hybridized carbons (Fsp3) is 0.316. The average Bonchev–Trinajstić information content (AvgIpc) is 2.55. The Hall–Kier alpha value is -2.19. The molecule has 146 valence electrons. The number of hydrogen-bond donors (Lipinski definition) is 2. The van der Waals surface area contributed by atoms with Gasteiger partial charge in [-0.1, -0.05) is 0 Å². The first-order valence-corrected chi connectivity index (χ1v) is 9.31. The Kier molecular flexibility index (Phi) is 6.11. The van der Waals surface area contributed by atoms with Crippen LogP contribution >= 0.6 is 0 Å². The van der Waals surface area contributed by atoms with Crippen LogP contribution < -0.4 is 10.0 Å². The highest BCUT2D eigenvalue weighted by Gasteiger charge is 2.30. The first kappa shape index (κ1) is 21.1. The summed E-state index contributed by atoms with van der Waals surface area (Å²) in [6, 6.07) is 9.50. The first-order valence-electron chi connectivity index (χ1n) is 8.16. The van der Waals surface area contributed by atoms with E-state index in [-0.39, 0.29) is 0 Å². The standard InChI is InChI=1S/C19H21F3N2O2S/c1-12-11-14(19(20,21)22)7-10-16(12)23-17(25)13-5-8-15(9-6-13)24-27(26)18(2,3)4/h5-11,24H,1-4H3,(H,23,25). The van der Waals surface area contributed by atoms with Gasteiger partial charge in [0.1, 0.15) is 4.75 Å². The lowest BCUT2D eigenvalue weighted by Gasteiger charge is -2.23. The Morgan fingerprint density at radius 3 is 2.11 bits per heavy atom. The van der Waals surface area contributed by atoms with Crippen LogP contribution in [0.15, 0.2) is 42.5 Å². The molecule has 0 aliphatic carbocycles. The van der Waals surface area contributed by atoms with Crippen molar-refractivity contribution in [2.24, 2.45) is 0 Å². The van der Waals surface area contributed by atoms with E-state index in [2.05, 4.69) is 10.0 Å². The largest absolute Gasteiger partial charge is 0.593 e. The molecular weight excluding hydrogens is 377 g/mol. The summed E-state index contributed by atoms with van der Waals surface area (Å²) >= 11 is -1.29. The van der Waals surface area contributed by atoms with Crippen molar-refractivity contribution in [3.63, 3.8) is 0 Å². The number of rotatable bonds is 4. The molecule has 0 fully saturated rings. The molecule has 2 aromatic rings. The van der Waals surface area contributed by atoms with Crippen molar-refractivity contribution in [1.82, 2.24) is 0 Å². The molecule has 0 bridgehead atoms. The Morgan fingerprint density at radius 1 is 1.04 bits per heavy atom. The smallest absolute Gasteiger partial charge is 0.416 e. The monoisotopic (exact) mass is 398 g/mol. The lowest BCUT2D eigenvalue weighted by atomic mass is 10.1. The maximum atomic E-state index is 12.7. The number of carbonyl (C=O) groups excluding carboxylic acids is 1. The molecule has 0 aromatic heterocycles. The molecule has 27 heavy (non-hydrogen) atoms. The third-order valence-corrected chi connectivity index (χ3v) is 5.25. The lowest BCUT2D eigenvalue weighted by Crippen LogP contribution is -2.33. The van der Waals surface area contributed by atoms with Crippen LogP contribution in [0.25, 0.3) is 0 Å². The van der Waals surface area contributed by atoms with Crippen LogP contribution in [0.1, 0.15) is 42.3 Å². The predicted octanol–water partition coefficient (Wildman–Crippen LogP) is 5.14. The summed E-state index contributed by atoms with van der Waals surface area (Å²) in [6.07, 6.45) is -4.43. The van der Waals surface area contributed by atoms with Crippen LogP contribution in [-0.2, 0) is 17.5 Å². The molecule has 0 saturated carbocycles. The molecular formula is C19H21F3N2O2S. The van der Waals surface area contributed by atoms with Crippen molar-refractivity contribution in [2.75, 3.05) is 10.0 Å². The predicted molar refractivity (Wildman–Crippen MR) is 102 cm³/mol. The Morgan fingerprint density at radius 2 is 1.63 bits per heavy atom. The van der Waals surface area contributed by atoms with Gasteiger partial charge in [-0.2, -0.15) is 13.2 Å². The Labute approximate surface area is 159 Å². The molecule has 0 heterocycles. The number of aryl methyl sites for hydroxylation is 1. The summed E-state index contributed by atoms with van der Waals surface area (Å²) in [7, 11) is 0. The van der Waals surface area contributed by atoms with Gasteiger partial charge in [-0.3, -0.25) is 4.79 Å². The van der Waals surface area contributed by atoms with Crippen molar-refractivity contribution < 1.29 is 22.5 Å². The van der Waals surface area contributed by atoms with Crippen LogP contribution in [0.3, 0.4) is 0 Å². The molecule has 2 N–H and O–H groups in total. The van der Waals surface area contributed by atoms with Gasteiger partial charge in [0, 0.05) is 11.3 Å².